The van der Waals surface area contributed by atoms with Crippen LogP contribution in [0.2, 0.25) is 0 Å². The van der Waals surface area contributed by atoms with Gasteiger partial charge in [-0.1, -0.05) is 12.1 Å². The number of alkyl halides is 3. The fourth-order valence-corrected chi connectivity index (χ4v) is 2.68. The topological polar surface area (TPSA) is 80.3 Å². The molecule has 0 spiro atoms. The number of nitrogens with zero attached hydrogens (tertiary/aromatic N) is 1. The molecule has 136 valence electrons. The van der Waals surface area contributed by atoms with Crippen molar-refractivity contribution in [3.05, 3.63) is 48.2 Å². The molecule has 0 amide bonds. The van der Waals surface area contributed by atoms with E-state index in [4.69, 9.17) is 0 Å². The maximum absolute atomic E-state index is 12.1. The van der Waals surface area contributed by atoms with Crippen LogP contribution in [0.3, 0.4) is 0 Å². The summed E-state index contributed by atoms with van der Waals surface area (Å²) in [5.74, 6) is 0.126. The number of aromatic nitrogens is 1. The van der Waals surface area contributed by atoms with Crippen LogP contribution in [-0.4, -0.2) is 26.8 Å². The Bertz CT molecular complexity index is 807. The van der Waals surface area contributed by atoms with Crippen LogP contribution in [0.15, 0.2) is 47.5 Å². The highest BCUT2D eigenvalue weighted by molar-refractivity contribution is 7.89. The van der Waals surface area contributed by atoms with Gasteiger partial charge in [-0.05, 0) is 43.8 Å². The van der Waals surface area contributed by atoms with Crippen molar-refractivity contribution >= 4 is 15.8 Å². The zero-order valence-electron chi connectivity index (χ0n) is 13.3. The van der Waals surface area contributed by atoms with E-state index in [-0.39, 0.29) is 16.7 Å². The van der Waals surface area contributed by atoms with Gasteiger partial charge in [-0.3, -0.25) is 0 Å². The SMILES string of the molecule is CNS(=O)(=O)c1ccc(N[C@@H](C)c2ccc(OC(F)(F)F)cc2)nc1. The van der Waals surface area contributed by atoms with E-state index in [1.165, 1.54) is 49.6 Å². The average molecular weight is 375 g/mol. The Hall–Kier alpha value is -2.33. The summed E-state index contributed by atoms with van der Waals surface area (Å²) in [4.78, 5) is 4.05. The van der Waals surface area contributed by atoms with Gasteiger partial charge in [0.25, 0.3) is 0 Å². The highest BCUT2D eigenvalue weighted by Gasteiger charge is 2.31. The minimum atomic E-state index is -4.73. The number of halogens is 3. The first-order valence-corrected chi connectivity index (χ1v) is 8.61. The summed E-state index contributed by atoms with van der Waals surface area (Å²) in [6.07, 6.45) is -3.52. The molecular formula is C15H16F3N3O3S. The van der Waals surface area contributed by atoms with E-state index in [1.54, 1.807) is 6.92 Å². The fraction of sp³-hybridized carbons (Fsp3) is 0.267. The molecule has 1 heterocycles. The Labute approximate surface area is 143 Å². The van der Waals surface area contributed by atoms with Crippen LogP contribution in [0.25, 0.3) is 0 Å². The lowest BCUT2D eigenvalue weighted by Gasteiger charge is -2.16. The Morgan fingerprint density at radius 2 is 1.76 bits per heavy atom. The van der Waals surface area contributed by atoms with Gasteiger partial charge in [0.15, 0.2) is 0 Å². The van der Waals surface area contributed by atoms with Crippen molar-refractivity contribution in [2.24, 2.45) is 0 Å². The second-order valence-electron chi connectivity index (χ2n) is 5.07. The highest BCUT2D eigenvalue weighted by Crippen LogP contribution is 2.25. The summed E-state index contributed by atoms with van der Waals surface area (Å²) in [6.45, 7) is 1.79. The van der Waals surface area contributed by atoms with E-state index in [0.717, 1.165) is 0 Å². The Kier molecular flexibility index (Phi) is 5.53. The van der Waals surface area contributed by atoms with Crippen molar-refractivity contribution in [3.63, 3.8) is 0 Å². The van der Waals surface area contributed by atoms with E-state index < -0.39 is 16.4 Å². The molecule has 0 saturated carbocycles. The number of rotatable bonds is 6. The first kappa shape index (κ1) is 19.0. The van der Waals surface area contributed by atoms with Crippen LogP contribution >= 0.6 is 0 Å². The number of nitrogens with one attached hydrogen (secondary N) is 2. The molecule has 0 bridgehead atoms. The smallest absolute Gasteiger partial charge is 0.406 e. The Balaban J connectivity index is 2.05. The molecule has 1 aromatic heterocycles. The summed E-state index contributed by atoms with van der Waals surface area (Å²) in [7, 11) is -2.26. The van der Waals surface area contributed by atoms with Crippen LogP contribution < -0.4 is 14.8 Å². The van der Waals surface area contributed by atoms with E-state index in [0.29, 0.717) is 11.4 Å². The third-order valence-electron chi connectivity index (χ3n) is 3.29. The molecule has 2 rings (SSSR count). The molecule has 0 aliphatic rings. The fourth-order valence-electron chi connectivity index (χ4n) is 2.01. The molecule has 0 aliphatic heterocycles. The minimum Gasteiger partial charge on any atom is -0.406 e. The monoisotopic (exact) mass is 375 g/mol. The number of benzene rings is 1. The molecular weight excluding hydrogens is 359 g/mol. The van der Waals surface area contributed by atoms with Crippen LogP contribution in [0.4, 0.5) is 19.0 Å². The van der Waals surface area contributed by atoms with Gasteiger partial charge >= 0.3 is 6.36 Å². The number of anilines is 1. The third kappa shape index (κ3) is 5.33. The zero-order valence-corrected chi connectivity index (χ0v) is 14.1. The second-order valence-corrected chi connectivity index (χ2v) is 6.96. The highest BCUT2D eigenvalue weighted by atomic mass is 32.2. The molecule has 6 nitrogen and oxygen atoms in total. The molecule has 25 heavy (non-hydrogen) atoms. The van der Waals surface area contributed by atoms with Crippen molar-refractivity contribution in [1.29, 1.82) is 0 Å². The third-order valence-corrected chi connectivity index (χ3v) is 4.69. The lowest BCUT2D eigenvalue weighted by molar-refractivity contribution is -0.274. The number of hydrogen-bond donors (Lipinski definition) is 2. The van der Waals surface area contributed by atoms with Crippen molar-refractivity contribution in [2.75, 3.05) is 12.4 Å². The normalized spacial score (nSPS) is 13.3. The molecule has 2 N–H and O–H groups in total. The zero-order chi connectivity index (χ0) is 18.7. The summed E-state index contributed by atoms with van der Waals surface area (Å²) < 4.78 is 65.7. The molecule has 0 aliphatic carbocycles. The summed E-state index contributed by atoms with van der Waals surface area (Å²) in [5, 5.41) is 3.03. The average Bonchev–Trinajstić information content (AvgIpc) is 2.54. The first-order chi connectivity index (χ1) is 11.6. The van der Waals surface area contributed by atoms with E-state index in [9.17, 15) is 21.6 Å². The maximum Gasteiger partial charge on any atom is 0.573 e. The molecule has 0 unspecified atom stereocenters. The van der Waals surface area contributed by atoms with Gasteiger partial charge in [-0.15, -0.1) is 13.2 Å². The van der Waals surface area contributed by atoms with E-state index in [1.807, 2.05) is 0 Å². The summed E-state index contributed by atoms with van der Waals surface area (Å²) in [5.41, 5.74) is 0.711. The molecule has 2 aromatic rings. The van der Waals surface area contributed by atoms with Gasteiger partial charge in [0.05, 0.1) is 0 Å². The van der Waals surface area contributed by atoms with Crippen LogP contribution in [-0.2, 0) is 10.0 Å². The van der Waals surface area contributed by atoms with Gasteiger partial charge in [0.2, 0.25) is 10.0 Å². The first-order valence-electron chi connectivity index (χ1n) is 7.12. The van der Waals surface area contributed by atoms with Crippen LogP contribution in [0.5, 0.6) is 5.75 Å². The van der Waals surface area contributed by atoms with Gasteiger partial charge in [0.1, 0.15) is 16.5 Å². The number of sulfonamides is 1. The van der Waals surface area contributed by atoms with Crippen molar-refractivity contribution in [2.45, 2.75) is 24.2 Å². The second kappa shape index (κ2) is 7.28. The molecule has 10 heteroatoms. The van der Waals surface area contributed by atoms with Crippen LogP contribution in [0.1, 0.15) is 18.5 Å². The molecule has 1 aromatic carbocycles. The molecule has 0 saturated heterocycles. The summed E-state index contributed by atoms with van der Waals surface area (Å²) >= 11 is 0. The largest absolute Gasteiger partial charge is 0.573 e. The predicted molar refractivity (Wildman–Crippen MR) is 85.6 cm³/mol. The molecule has 1 atom stereocenters. The molecule has 0 fully saturated rings. The van der Waals surface area contributed by atoms with Crippen LogP contribution in [0, 0.1) is 0 Å². The number of hydrogen-bond acceptors (Lipinski definition) is 5. The predicted octanol–water partition coefficient (Wildman–Crippen LogP) is 3.06. The van der Waals surface area contributed by atoms with Crippen molar-refractivity contribution in [3.8, 4) is 5.75 Å². The van der Waals surface area contributed by atoms with E-state index in [2.05, 4.69) is 19.8 Å². The molecule has 0 radical (unpaired) electrons. The lowest BCUT2D eigenvalue weighted by atomic mass is 10.1. The van der Waals surface area contributed by atoms with E-state index >= 15 is 0 Å². The Morgan fingerprint density at radius 3 is 2.24 bits per heavy atom. The quantitative estimate of drug-likeness (QED) is 0.811. The van der Waals surface area contributed by atoms with Gasteiger partial charge < -0.3 is 10.1 Å². The lowest BCUT2D eigenvalue weighted by Crippen LogP contribution is -2.19. The van der Waals surface area contributed by atoms with Crippen molar-refractivity contribution < 1.29 is 26.3 Å². The maximum atomic E-state index is 12.1. The standard InChI is InChI=1S/C15H16F3N3O3S/c1-10(11-3-5-12(6-4-11)24-15(16,17)18)21-14-8-7-13(9-20-14)25(22,23)19-2/h3-10,19H,1-2H3,(H,20,21)/t10-/m0/s1. The van der Waals surface area contributed by atoms with Gasteiger partial charge in [0, 0.05) is 12.2 Å². The Morgan fingerprint density at radius 1 is 1.12 bits per heavy atom. The minimum absolute atomic E-state index is 0.0295. The van der Waals surface area contributed by atoms with Gasteiger partial charge in [-0.2, -0.15) is 0 Å². The van der Waals surface area contributed by atoms with Gasteiger partial charge in [-0.25, -0.2) is 18.1 Å². The van der Waals surface area contributed by atoms with Crippen molar-refractivity contribution in [1.82, 2.24) is 9.71 Å². The summed E-state index contributed by atoms with van der Waals surface area (Å²) in [6, 6.07) is 8.07. The number of ether oxygens (including phenoxy) is 1. The number of pyridine rings is 1.